The number of nitrogens with zero attached hydrogens (tertiary/aromatic N) is 1. The summed E-state index contributed by atoms with van der Waals surface area (Å²) in [5.74, 6) is -0.219. The summed E-state index contributed by atoms with van der Waals surface area (Å²) in [7, 11) is -2.99. The van der Waals surface area contributed by atoms with E-state index in [1.807, 2.05) is 0 Å². The van der Waals surface area contributed by atoms with E-state index in [9.17, 15) is 12.8 Å². The first-order valence-corrected chi connectivity index (χ1v) is 6.94. The Kier molecular flexibility index (Phi) is 2.71. The highest BCUT2D eigenvalue weighted by molar-refractivity contribution is 7.90. The molecule has 0 saturated heterocycles. The van der Waals surface area contributed by atoms with Gasteiger partial charge in [0.15, 0.2) is 0 Å². The molecule has 0 saturated carbocycles. The van der Waals surface area contributed by atoms with Gasteiger partial charge in [-0.1, -0.05) is 6.07 Å². The van der Waals surface area contributed by atoms with Crippen molar-refractivity contribution in [1.29, 1.82) is 0 Å². The second kappa shape index (κ2) is 3.90. The smallest absolute Gasteiger partial charge is 0.149 e. The molecule has 1 aromatic carbocycles. The van der Waals surface area contributed by atoms with E-state index < -0.39 is 9.84 Å². The second-order valence-electron chi connectivity index (χ2n) is 3.81. The lowest BCUT2D eigenvalue weighted by atomic mass is 10.2. The Balaban J connectivity index is 2.36. The van der Waals surface area contributed by atoms with Crippen LogP contribution in [0.5, 0.6) is 0 Å². The van der Waals surface area contributed by atoms with Gasteiger partial charge in [-0.25, -0.2) is 12.8 Å². The topological polar surface area (TPSA) is 39.1 Å². The molecule has 3 nitrogen and oxygen atoms in total. The number of aromatic nitrogens is 1. The second-order valence-corrected chi connectivity index (χ2v) is 6.07. The van der Waals surface area contributed by atoms with Crippen LogP contribution in [0, 0.1) is 5.82 Å². The van der Waals surface area contributed by atoms with Crippen molar-refractivity contribution >= 4 is 20.7 Å². The van der Waals surface area contributed by atoms with Crippen LogP contribution >= 0.6 is 0 Å². The van der Waals surface area contributed by atoms with E-state index in [4.69, 9.17) is 0 Å². The average molecular weight is 241 g/mol. The molecule has 1 aromatic heterocycles. The maximum absolute atomic E-state index is 13.3. The molecule has 0 N–H and O–H groups in total. The predicted molar refractivity (Wildman–Crippen MR) is 61.6 cm³/mol. The summed E-state index contributed by atoms with van der Waals surface area (Å²) < 4.78 is 37.2. The van der Waals surface area contributed by atoms with E-state index in [0.29, 0.717) is 11.9 Å². The van der Waals surface area contributed by atoms with E-state index in [1.165, 1.54) is 12.3 Å². The molecule has 2 rings (SSSR count). The van der Waals surface area contributed by atoms with Gasteiger partial charge >= 0.3 is 0 Å². The van der Waals surface area contributed by atoms with Crippen molar-refractivity contribution in [1.82, 2.24) is 4.57 Å². The van der Waals surface area contributed by atoms with Gasteiger partial charge in [0.2, 0.25) is 0 Å². The van der Waals surface area contributed by atoms with Crippen LogP contribution in [0.1, 0.15) is 0 Å². The van der Waals surface area contributed by atoms with Gasteiger partial charge in [-0.2, -0.15) is 0 Å². The van der Waals surface area contributed by atoms with Crippen LogP contribution in [0.4, 0.5) is 4.39 Å². The summed E-state index contributed by atoms with van der Waals surface area (Å²) in [6, 6.07) is 6.45. The number of sulfone groups is 1. The van der Waals surface area contributed by atoms with Crippen molar-refractivity contribution in [2.75, 3.05) is 12.0 Å². The van der Waals surface area contributed by atoms with Gasteiger partial charge in [-0.3, -0.25) is 0 Å². The third-order valence-corrected chi connectivity index (χ3v) is 3.39. The lowest BCUT2D eigenvalue weighted by Gasteiger charge is -2.04. The monoisotopic (exact) mass is 241 g/mol. The first-order valence-electron chi connectivity index (χ1n) is 4.88. The van der Waals surface area contributed by atoms with Crippen LogP contribution in [0.3, 0.4) is 0 Å². The summed E-state index contributed by atoms with van der Waals surface area (Å²) >= 11 is 0. The zero-order chi connectivity index (χ0) is 11.8. The first kappa shape index (κ1) is 11.1. The molecule has 0 unspecified atom stereocenters. The minimum atomic E-state index is -2.99. The van der Waals surface area contributed by atoms with Crippen LogP contribution in [-0.2, 0) is 16.4 Å². The summed E-state index contributed by atoms with van der Waals surface area (Å²) in [4.78, 5) is 0. The Morgan fingerprint density at radius 1 is 1.31 bits per heavy atom. The highest BCUT2D eigenvalue weighted by Crippen LogP contribution is 2.18. The van der Waals surface area contributed by atoms with Crippen LogP contribution < -0.4 is 0 Å². The molecule has 5 heteroatoms. The number of benzene rings is 1. The highest BCUT2D eigenvalue weighted by Gasteiger charge is 2.07. The van der Waals surface area contributed by atoms with Crippen LogP contribution in [-0.4, -0.2) is 25.0 Å². The molecule has 16 heavy (non-hydrogen) atoms. The number of halogens is 1. The van der Waals surface area contributed by atoms with Crippen molar-refractivity contribution in [3.8, 4) is 0 Å². The lowest BCUT2D eigenvalue weighted by Crippen LogP contribution is -2.10. The minimum absolute atomic E-state index is 0.0628. The highest BCUT2D eigenvalue weighted by atomic mass is 32.2. The summed E-state index contributed by atoms with van der Waals surface area (Å²) in [5.41, 5.74) is 0.726. The van der Waals surface area contributed by atoms with Gasteiger partial charge in [-0.15, -0.1) is 0 Å². The molecule has 0 bridgehead atoms. The molecule has 0 fully saturated rings. The summed E-state index contributed by atoms with van der Waals surface area (Å²) in [6.07, 6.45) is 2.90. The molecule has 0 aliphatic carbocycles. The number of fused-ring (bicyclic) bond motifs is 1. The van der Waals surface area contributed by atoms with E-state index in [0.717, 1.165) is 5.52 Å². The van der Waals surface area contributed by atoms with Crippen molar-refractivity contribution in [3.05, 3.63) is 36.3 Å². The van der Waals surface area contributed by atoms with Gasteiger partial charge in [0.25, 0.3) is 0 Å². The molecule has 86 valence electrons. The van der Waals surface area contributed by atoms with Crippen molar-refractivity contribution in [3.63, 3.8) is 0 Å². The number of hydrogen-bond donors (Lipinski definition) is 0. The normalized spacial score (nSPS) is 12.1. The zero-order valence-corrected chi connectivity index (χ0v) is 9.67. The quantitative estimate of drug-likeness (QED) is 0.822. The molecule has 0 spiro atoms. The maximum atomic E-state index is 13.3. The Morgan fingerprint density at radius 2 is 2.06 bits per heavy atom. The van der Waals surface area contributed by atoms with Crippen molar-refractivity contribution in [2.24, 2.45) is 0 Å². The fraction of sp³-hybridized carbons (Fsp3) is 0.273. The molecule has 2 aromatic rings. The molecule has 0 atom stereocenters. The SMILES string of the molecule is CS(=O)(=O)CCn1ccc2c(F)cccc21. The summed E-state index contributed by atoms with van der Waals surface area (Å²) in [5, 5.41) is 0.524. The Hall–Kier alpha value is -1.36. The van der Waals surface area contributed by atoms with Crippen LogP contribution in [0.15, 0.2) is 30.5 Å². The molecule has 0 aliphatic heterocycles. The van der Waals surface area contributed by atoms with Gasteiger partial charge in [0, 0.05) is 24.4 Å². The first-order chi connectivity index (χ1) is 7.47. The third kappa shape index (κ3) is 2.24. The molecular formula is C11H12FNO2S. The van der Waals surface area contributed by atoms with Crippen molar-refractivity contribution in [2.45, 2.75) is 6.54 Å². The lowest BCUT2D eigenvalue weighted by molar-refractivity contribution is 0.596. The van der Waals surface area contributed by atoms with Gasteiger partial charge < -0.3 is 4.57 Å². The Bertz CT molecular complexity index is 616. The number of hydrogen-bond acceptors (Lipinski definition) is 2. The average Bonchev–Trinajstić information content (AvgIpc) is 2.58. The summed E-state index contributed by atoms with van der Waals surface area (Å²) in [6.45, 7) is 0.353. The van der Waals surface area contributed by atoms with Crippen LogP contribution in [0.25, 0.3) is 10.9 Å². The largest absolute Gasteiger partial charge is 0.346 e. The zero-order valence-electron chi connectivity index (χ0n) is 8.85. The van der Waals surface area contributed by atoms with E-state index in [1.54, 1.807) is 29.0 Å². The Morgan fingerprint density at radius 3 is 2.75 bits per heavy atom. The van der Waals surface area contributed by atoms with E-state index in [-0.39, 0.29) is 11.6 Å². The molecule has 1 heterocycles. The fourth-order valence-corrected chi connectivity index (χ4v) is 2.17. The third-order valence-electron chi connectivity index (χ3n) is 2.46. The van der Waals surface area contributed by atoms with E-state index >= 15 is 0 Å². The molecular weight excluding hydrogens is 229 g/mol. The minimum Gasteiger partial charge on any atom is -0.346 e. The number of aryl methyl sites for hydroxylation is 1. The van der Waals surface area contributed by atoms with Crippen LogP contribution in [0.2, 0.25) is 0 Å². The van der Waals surface area contributed by atoms with Gasteiger partial charge in [-0.05, 0) is 18.2 Å². The predicted octanol–water partition coefficient (Wildman–Crippen LogP) is 1.82. The standard InChI is InChI=1S/C11H12FNO2S/c1-16(14,15)8-7-13-6-5-9-10(12)3-2-4-11(9)13/h2-6H,7-8H2,1H3. The van der Waals surface area contributed by atoms with E-state index in [2.05, 4.69) is 0 Å². The Labute approximate surface area is 93.4 Å². The fourth-order valence-electron chi connectivity index (χ4n) is 1.65. The molecule has 0 aliphatic rings. The number of rotatable bonds is 3. The van der Waals surface area contributed by atoms with Gasteiger partial charge in [0.05, 0.1) is 11.3 Å². The maximum Gasteiger partial charge on any atom is 0.149 e. The molecule has 0 amide bonds. The van der Waals surface area contributed by atoms with Gasteiger partial charge in [0.1, 0.15) is 15.7 Å². The molecule has 0 radical (unpaired) electrons. The van der Waals surface area contributed by atoms with Crippen molar-refractivity contribution < 1.29 is 12.8 Å².